The number of hydrogen-bond acceptors (Lipinski definition) is 4. The molecule has 0 aliphatic heterocycles. The lowest BCUT2D eigenvalue weighted by atomic mass is 9.85. The van der Waals surface area contributed by atoms with Crippen LogP contribution >= 0.6 is 15.9 Å². The van der Waals surface area contributed by atoms with Crippen molar-refractivity contribution in [3.8, 4) is 5.75 Å². The van der Waals surface area contributed by atoms with Gasteiger partial charge < -0.3 is 15.2 Å². The molecule has 0 radical (unpaired) electrons. The van der Waals surface area contributed by atoms with E-state index in [2.05, 4.69) is 21.2 Å². The molecule has 0 bridgehead atoms. The maximum absolute atomic E-state index is 11.9. The summed E-state index contributed by atoms with van der Waals surface area (Å²) in [7, 11) is 0. The zero-order chi connectivity index (χ0) is 16.8. The molecule has 0 atom stereocenters. The second-order valence-electron chi connectivity index (χ2n) is 5.59. The summed E-state index contributed by atoms with van der Waals surface area (Å²) in [5.74, 6) is -0.326. The van der Waals surface area contributed by atoms with Gasteiger partial charge in [-0.1, -0.05) is 22.9 Å². The van der Waals surface area contributed by atoms with E-state index in [0.717, 1.165) is 17.3 Å². The number of aliphatic carboxylic acids is 1. The van der Waals surface area contributed by atoms with Crippen LogP contribution in [0.3, 0.4) is 0 Å². The van der Waals surface area contributed by atoms with Crippen molar-refractivity contribution in [3.05, 3.63) is 28.7 Å². The van der Waals surface area contributed by atoms with E-state index in [9.17, 15) is 9.59 Å². The van der Waals surface area contributed by atoms with Crippen molar-refractivity contribution in [3.63, 3.8) is 0 Å². The van der Waals surface area contributed by atoms with Gasteiger partial charge in [-0.2, -0.15) is 0 Å². The van der Waals surface area contributed by atoms with Gasteiger partial charge >= 0.3 is 5.97 Å². The Bertz CT molecular complexity index is 544. The molecule has 1 aliphatic rings. The third kappa shape index (κ3) is 5.51. The van der Waals surface area contributed by atoms with Crippen molar-refractivity contribution in [1.82, 2.24) is 10.2 Å². The molecule has 0 saturated heterocycles. The van der Waals surface area contributed by atoms with Crippen LogP contribution in [0, 0.1) is 0 Å². The van der Waals surface area contributed by atoms with Crippen LogP contribution in [0.2, 0.25) is 0 Å². The number of halogens is 1. The number of rotatable bonds is 8. The molecule has 1 aromatic rings. The Kier molecular flexibility index (Phi) is 6.41. The smallest absolute Gasteiger partial charge is 0.317 e. The normalized spacial score (nSPS) is 20.0. The molecule has 6 nitrogen and oxygen atoms in total. The van der Waals surface area contributed by atoms with E-state index < -0.39 is 5.97 Å². The number of likely N-dealkylation sites (N-methyl/N-ethyl adjacent to an activating group) is 1. The van der Waals surface area contributed by atoms with E-state index in [1.165, 1.54) is 0 Å². The van der Waals surface area contributed by atoms with Gasteiger partial charge in [0.1, 0.15) is 5.75 Å². The summed E-state index contributed by atoms with van der Waals surface area (Å²) in [5, 5.41) is 11.8. The Morgan fingerprint density at radius 2 is 2.00 bits per heavy atom. The van der Waals surface area contributed by atoms with E-state index in [1.807, 2.05) is 24.0 Å². The van der Waals surface area contributed by atoms with Crippen LogP contribution in [-0.4, -0.2) is 53.7 Å². The fourth-order valence-electron chi connectivity index (χ4n) is 2.63. The molecule has 0 unspecified atom stereocenters. The van der Waals surface area contributed by atoms with E-state index >= 15 is 0 Å². The Hall–Kier alpha value is -1.60. The second kappa shape index (κ2) is 8.31. The highest BCUT2D eigenvalue weighted by Gasteiger charge is 2.34. The number of nitrogens with one attached hydrogen (secondary N) is 1. The molecule has 126 valence electrons. The number of carboxylic acids is 1. The highest BCUT2D eigenvalue weighted by molar-refractivity contribution is 9.10. The average Bonchev–Trinajstić information content (AvgIpc) is 2.47. The summed E-state index contributed by atoms with van der Waals surface area (Å²) in [5.41, 5.74) is 0. The van der Waals surface area contributed by atoms with Crippen molar-refractivity contribution in [2.24, 2.45) is 0 Å². The van der Waals surface area contributed by atoms with Crippen LogP contribution in [0.15, 0.2) is 28.7 Å². The molecular formula is C16H21BrN2O4. The zero-order valence-electron chi connectivity index (χ0n) is 13.0. The molecule has 23 heavy (non-hydrogen) atoms. The average molecular weight is 385 g/mol. The maximum Gasteiger partial charge on any atom is 0.317 e. The number of nitrogens with zero attached hydrogens (tertiary/aromatic N) is 1. The number of hydrogen-bond donors (Lipinski definition) is 2. The molecule has 1 fully saturated rings. The standard InChI is InChI=1S/C16H21BrN2O4/c1-2-19(9-16(21)22)13-7-12(8-13)18-15(20)10-23-14-5-3-11(17)4-6-14/h3-6,12-13H,2,7-10H2,1H3,(H,18,20)(H,21,22). The van der Waals surface area contributed by atoms with Crippen LogP contribution in [0.5, 0.6) is 5.75 Å². The van der Waals surface area contributed by atoms with Crippen LogP contribution in [0.1, 0.15) is 19.8 Å². The molecule has 1 amide bonds. The van der Waals surface area contributed by atoms with E-state index in [-0.39, 0.29) is 31.1 Å². The van der Waals surface area contributed by atoms with Crippen molar-refractivity contribution >= 4 is 27.8 Å². The number of benzene rings is 1. The highest BCUT2D eigenvalue weighted by Crippen LogP contribution is 2.25. The van der Waals surface area contributed by atoms with Crippen molar-refractivity contribution in [2.75, 3.05) is 19.7 Å². The number of carboxylic acid groups (broad SMARTS) is 1. The van der Waals surface area contributed by atoms with Crippen LogP contribution in [-0.2, 0) is 9.59 Å². The first kappa shape index (κ1) is 17.7. The van der Waals surface area contributed by atoms with Crippen LogP contribution in [0.4, 0.5) is 0 Å². The van der Waals surface area contributed by atoms with Gasteiger partial charge in [0.2, 0.25) is 0 Å². The minimum atomic E-state index is -0.817. The molecular weight excluding hydrogens is 364 g/mol. The Labute approximate surface area is 143 Å². The first-order chi connectivity index (χ1) is 11.0. The molecule has 2 N–H and O–H groups in total. The van der Waals surface area contributed by atoms with Gasteiger partial charge in [-0.05, 0) is 43.7 Å². The topological polar surface area (TPSA) is 78.9 Å². The fraction of sp³-hybridized carbons (Fsp3) is 0.500. The van der Waals surface area contributed by atoms with Gasteiger partial charge in [-0.15, -0.1) is 0 Å². The molecule has 0 aromatic heterocycles. The van der Waals surface area contributed by atoms with Gasteiger partial charge in [0.25, 0.3) is 5.91 Å². The zero-order valence-corrected chi connectivity index (χ0v) is 14.6. The Morgan fingerprint density at radius 1 is 1.35 bits per heavy atom. The van der Waals surface area contributed by atoms with Crippen molar-refractivity contribution in [2.45, 2.75) is 31.8 Å². The van der Waals surface area contributed by atoms with Crippen LogP contribution < -0.4 is 10.1 Å². The number of carbonyl (C=O) groups is 2. The molecule has 0 heterocycles. The first-order valence-corrected chi connectivity index (χ1v) is 8.40. The predicted octanol–water partition coefficient (Wildman–Crippen LogP) is 1.88. The summed E-state index contributed by atoms with van der Waals surface area (Å²) in [6.45, 7) is 2.68. The minimum Gasteiger partial charge on any atom is -0.484 e. The van der Waals surface area contributed by atoms with E-state index in [4.69, 9.17) is 9.84 Å². The first-order valence-electron chi connectivity index (χ1n) is 7.61. The quantitative estimate of drug-likeness (QED) is 0.715. The maximum atomic E-state index is 11.9. The summed E-state index contributed by atoms with van der Waals surface area (Å²) < 4.78 is 6.37. The fourth-order valence-corrected chi connectivity index (χ4v) is 2.89. The summed E-state index contributed by atoms with van der Waals surface area (Å²) >= 11 is 3.34. The SMILES string of the molecule is CCN(CC(=O)O)C1CC(NC(=O)COc2ccc(Br)cc2)C1. The largest absolute Gasteiger partial charge is 0.484 e. The van der Waals surface area contributed by atoms with Crippen molar-refractivity contribution < 1.29 is 19.4 Å². The van der Waals surface area contributed by atoms with Gasteiger partial charge in [-0.3, -0.25) is 14.5 Å². The van der Waals surface area contributed by atoms with E-state index in [1.54, 1.807) is 12.1 Å². The molecule has 0 spiro atoms. The highest BCUT2D eigenvalue weighted by atomic mass is 79.9. The van der Waals surface area contributed by atoms with E-state index in [0.29, 0.717) is 12.3 Å². The Morgan fingerprint density at radius 3 is 2.57 bits per heavy atom. The summed E-state index contributed by atoms with van der Waals surface area (Å²) in [6.07, 6.45) is 1.57. The lowest BCUT2D eigenvalue weighted by Crippen LogP contribution is -2.55. The van der Waals surface area contributed by atoms with Gasteiger partial charge in [0, 0.05) is 16.6 Å². The monoisotopic (exact) mass is 384 g/mol. The third-order valence-corrected chi connectivity index (χ3v) is 4.45. The van der Waals surface area contributed by atoms with Crippen LogP contribution in [0.25, 0.3) is 0 Å². The van der Waals surface area contributed by atoms with Gasteiger partial charge in [0.05, 0.1) is 6.54 Å². The van der Waals surface area contributed by atoms with Gasteiger partial charge in [-0.25, -0.2) is 0 Å². The third-order valence-electron chi connectivity index (χ3n) is 3.92. The number of amides is 1. The summed E-state index contributed by atoms with van der Waals surface area (Å²) in [6, 6.07) is 7.62. The molecule has 1 aromatic carbocycles. The molecule has 7 heteroatoms. The molecule has 1 saturated carbocycles. The second-order valence-corrected chi connectivity index (χ2v) is 6.50. The minimum absolute atomic E-state index is 0.0184. The van der Waals surface area contributed by atoms with Crippen molar-refractivity contribution in [1.29, 1.82) is 0 Å². The lowest BCUT2D eigenvalue weighted by Gasteiger charge is -2.42. The lowest BCUT2D eigenvalue weighted by molar-refractivity contribution is -0.139. The molecule has 2 rings (SSSR count). The predicted molar refractivity (Wildman–Crippen MR) is 89.5 cm³/mol. The van der Waals surface area contributed by atoms with Gasteiger partial charge in [0.15, 0.2) is 6.61 Å². The number of ether oxygens (including phenoxy) is 1. The molecule has 1 aliphatic carbocycles. The number of carbonyl (C=O) groups excluding carboxylic acids is 1. The summed E-state index contributed by atoms with van der Waals surface area (Å²) in [4.78, 5) is 24.6. The Balaban J connectivity index is 1.67.